The number of anilines is 2. The van der Waals surface area contributed by atoms with Crippen molar-refractivity contribution in [3.8, 4) is 6.07 Å². The van der Waals surface area contributed by atoms with Gasteiger partial charge in [0.25, 0.3) is 0 Å². The third-order valence-electron chi connectivity index (χ3n) is 5.28. The number of nitrogens with one attached hydrogen (secondary N) is 2. The van der Waals surface area contributed by atoms with E-state index in [1.54, 1.807) is 24.5 Å². The van der Waals surface area contributed by atoms with Crippen LogP contribution in [0.25, 0.3) is 10.2 Å². The summed E-state index contributed by atoms with van der Waals surface area (Å²) >= 11 is 1.59. The molecular formula is C19H24N8S. The second-order valence-electron chi connectivity index (χ2n) is 7.32. The van der Waals surface area contributed by atoms with Gasteiger partial charge in [-0.2, -0.15) is 10.2 Å². The summed E-state index contributed by atoms with van der Waals surface area (Å²) in [5.74, 6) is 3.27. The van der Waals surface area contributed by atoms with E-state index in [2.05, 4.69) is 31.6 Å². The lowest BCUT2D eigenvalue weighted by Gasteiger charge is -2.18. The summed E-state index contributed by atoms with van der Waals surface area (Å²) in [6.07, 6.45) is 2.39. The van der Waals surface area contributed by atoms with Gasteiger partial charge in [0.2, 0.25) is 5.95 Å². The number of allylic oxidation sites excluding steroid dienone is 1. The zero-order valence-corrected chi connectivity index (χ0v) is 16.8. The van der Waals surface area contributed by atoms with Crippen molar-refractivity contribution in [1.29, 1.82) is 5.26 Å². The van der Waals surface area contributed by atoms with Gasteiger partial charge >= 0.3 is 0 Å². The number of hydrogen-bond donors (Lipinski definition) is 3. The summed E-state index contributed by atoms with van der Waals surface area (Å²) < 4.78 is 0. The Morgan fingerprint density at radius 1 is 1.46 bits per heavy atom. The molecule has 1 saturated heterocycles. The molecule has 1 aliphatic heterocycles. The average Bonchev–Trinajstić information content (AvgIpc) is 3.06. The van der Waals surface area contributed by atoms with Crippen molar-refractivity contribution in [1.82, 2.24) is 14.9 Å². The van der Waals surface area contributed by atoms with E-state index in [1.165, 1.54) is 0 Å². The Balaban J connectivity index is 1.48. The standard InChI is InChI=1S/C19H24N8S/c1-11(21)8-15(22-2)23-17-12-4-7-28-18(12)26-19(25-17)24-16-13-9-27(6-3-5-20)10-14(13)16/h4,7-8,13-14,16H,3,6,9-10,21H2,1-2H3,(H2,22,23,24,25,26)/b11-8-/t13-,14+,16?. The molecule has 1 unspecified atom stereocenters. The summed E-state index contributed by atoms with van der Waals surface area (Å²) in [5.41, 5.74) is 6.46. The van der Waals surface area contributed by atoms with Crippen LogP contribution in [0.1, 0.15) is 13.3 Å². The molecule has 2 fully saturated rings. The number of thiophene rings is 1. The molecule has 28 heavy (non-hydrogen) atoms. The molecule has 2 aromatic heterocycles. The number of aliphatic imine (C=N–C) groups is 1. The number of piperidine rings is 1. The summed E-state index contributed by atoms with van der Waals surface area (Å²) in [7, 11) is 1.72. The van der Waals surface area contributed by atoms with Crippen LogP contribution in [0.2, 0.25) is 0 Å². The third kappa shape index (κ3) is 3.79. The van der Waals surface area contributed by atoms with E-state index in [4.69, 9.17) is 16.0 Å². The van der Waals surface area contributed by atoms with E-state index < -0.39 is 0 Å². The van der Waals surface area contributed by atoms with E-state index in [0.29, 0.717) is 41.8 Å². The zero-order valence-electron chi connectivity index (χ0n) is 16.0. The second-order valence-corrected chi connectivity index (χ2v) is 8.22. The van der Waals surface area contributed by atoms with Crippen molar-refractivity contribution in [2.24, 2.45) is 22.6 Å². The first-order chi connectivity index (χ1) is 13.6. The SMILES string of the molecule is CN=C(/C=C(/C)N)Nc1nc(NC2[C@H]3CN(CCC#N)C[C@@H]23)nc2sccc12. The van der Waals surface area contributed by atoms with Gasteiger partial charge in [-0.05, 0) is 36.3 Å². The number of fused-ring (bicyclic) bond motifs is 2. The molecule has 0 spiro atoms. The molecular weight excluding hydrogens is 372 g/mol. The normalized spacial score (nSPS) is 24.8. The van der Waals surface area contributed by atoms with Crippen molar-refractivity contribution in [3.05, 3.63) is 23.2 Å². The molecule has 3 heterocycles. The molecule has 0 aromatic carbocycles. The fourth-order valence-electron chi connectivity index (χ4n) is 3.88. The number of rotatable bonds is 6. The van der Waals surface area contributed by atoms with Crippen LogP contribution in [0, 0.1) is 23.2 Å². The maximum absolute atomic E-state index is 8.74. The van der Waals surface area contributed by atoms with Crippen LogP contribution in [0.15, 0.2) is 28.2 Å². The highest BCUT2D eigenvalue weighted by molar-refractivity contribution is 7.16. The minimum absolute atomic E-state index is 0.411. The van der Waals surface area contributed by atoms with Crippen molar-refractivity contribution in [3.63, 3.8) is 0 Å². The van der Waals surface area contributed by atoms with Gasteiger partial charge in [-0.1, -0.05) is 0 Å². The molecule has 8 nitrogen and oxygen atoms in total. The number of nitrogens with two attached hydrogens (primary N) is 1. The molecule has 9 heteroatoms. The monoisotopic (exact) mass is 396 g/mol. The largest absolute Gasteiger partial charge is 0.402 e. The molecule has 0 bridgehead atoms. The first kappa shape index (κ1) is 18.7. The number of hydrogen-bond acceptors (Lipinski definition) is 8. The lowest BCUT2D eigenvalue weighted by molar-refractivity contribution is 0.307. The molecule has 0 radical (unpaired) electrons. The van der Waals surface area contributed by atoms with E-state index in [-0.39, 0.29) is 0 Å². The van der Waals surface area contributed by atoms with Gasteiger partial charge in [0, 0.05) is 44.8 Å². The van der Waals surface area contributed by atoms with Gasteiger partial charge in [-0.15, -0.1) is 11.3 Å². The van der Waals surface area contributed by atoms with Crippen molar-refractivity contribution >= 4 is 39.2 Å². The molecule has 0 amide bonds. The second kappa shape index (κ2) is 7.73. The van der Waals surface area contributed by atoms with Crippen molar-refractivity contribution in [2.45, 2.75) is 19.4 Å². The molecule has 1 aliphatic carbocycles. The highest BCUT2D eigenvalue weighted by Gasteiger charge is 2.55. The fraction of sp³-hybridized carbons (Fsp3) is 0.474. The lowest BCUT2D eigenvalue weighted by atomic mass is 10.3. The van der Waals surface area contributed by atoms with Crippen LogP contribution in [0.5, 0.6) is 0 Å². The average molecular weight is 397 g/mol. The Kier molecular flexibility index (Phi) is 5.15. The van der Waals surface area contributed by atoms with Crippen LogP contribution in [0.4, 0.5) is 11.8 Å². The van der Waals surface area contributed by atoms with Gasteiger partial charge in [0.05, 0.1) is 11.5 Å². The van der Waals surface area contributed by atoms with Crippen molar-refractivity contribution in [2.75, 3.05) is 37.3 Å². The molecule has 4 N–H and O–H groups in total. The van der Waals surface area contributed by atoms with E-state index in [9.17, 15) is 0 Å². The quantitative estimate of drug-likeness (QED) is 0.507. The lowest BCUT2D eigenvalue weighted by Crippen LogP contribution is -2.29. The number of likely N-dealkylation sites (tertiary alicyclic amines) is 1. The maximum atomic E-state index is 8.74. The summed E-state index contributed by atoms with van der Waals surface area (Å²) in [6, 6.07) is 4.65. The first-order valence-electron chi connectivity index (χ1n) is 9.37. The fourth-order valence-corrected chi connectivity index (χ4v) is 4.64. The first-order valence-corrected chi connectivity index (χ1v) is 10.3. The predicted molar refractivity (Wildman–Crippen MR) is 113 cm³/mol. The Bertz CT molecular complexity index is 956. The van der Waals surface area contributed by atoms with Crippen LogP contribution in [0.3, 0.4) is 0 Å². The van der Waals surface area contributed by atoms with Gasteiger partial charge in [-0.3, -0.25) is 4.99 Å². The van der Waals surface area contributed by atoms with Gasteiger partial charge in [0.1, 0.15) is 16.5 Å². The predicted octanol–water partition coefficient (Wildman–Crippen LogP) is 2.25. The number of nitrogens with zero attached hydrogens (tertiary/aromatic N) is 5. The van der Waals surface area contributed by atoms with Gasteiger partial charge in [-0.25, -0.2) is 4.98 Å². The Morgan fingerprint density at radius 2 is 2.25 bits per heavy atom. The number of aromatic nitrogens is 2. The minimum atomic E-state index is 0.411. The van der Waals surface area contributed by atoms with Gasteiger partial charge < -0.3 is 21.3 Å². The molecule has 2 aromatic rings. The molecule has 4 rings (SSSR count). The molecule has 3 atom stereocenters. The van der Waals surface area contributed by atoms with Crippen LogP contribution < -0.4 is 16.4 Å². The number of nitriles is 1. The van der Waals surface area contributed by atoms with Crippen molar-refractivity contribution < 1.29 is 0 Å². The molecule has 1 saturated carbocycles. The highest BCUT2D eigenvalue weighted by Crippen LogP contribution is 2.47. The Hall–Kier alpha value is -2.70. The minimum Gasteiger partial charge on any atom is -0.402 e. The zero-order chi connectivity index (χ0) is 19.7. The summed E-state index contributed by atoms with van der Waals surface area (Å²) in [4.78, 5) is 16.9. The van der Waals surface area contributed by atoms with Crippen LogP contribution in [-0.4, -0.2) is 53.4 Å². The highest BCUT2D eigenvalue weighted by atomic mass is 32.1. The Labute approximate surface area is 168 Å². The van der Waals surface area contributed by atoms with E-state index in [0.717, 1.165) is 35.7 Å². The maximum Gasteiger partial charge on any atom is 0.226 e. The van der Waals surface area contributed by atoms with E-state index in [1.807, 2.05) is 18.4 Å². The summed E-state index contributed by atoms with van der Waals surface area (Å²) in [6.45, 7) is 4.79. The third-order valence-corrected chi connectivity index (χ3v) is 6.09. The van der Waals surface area contributed by atoms with E-state index >= 15 is 0 Å². The Morgan fingerprint density at radius 3 is 2.93 bits per heavy atom. The molecule has 146 valence electrons. The van der Waals surface area contributed by atoms with Crippen LogP contribution >= 0.6 is 11.3 Å². The molecule has 2 aliphatic rings. The topological polar surface area (TPSA) is 115 Å². The number of amidine groups is 1. The van der Waals surface area contributed by atoms with Gasteiger partial charge in [0.15, 0.2) is 0 Å². The van der Waals surface area contributed by atoms with Crippen LogP contribution in [-0.2, 0) is 0 Å². The summed E-state index contributed by atoms with van der Waals surface area (Å²) in [5, 5.41) is 18.5. The smallest absolute Gasteiger partial charge is 0.226 e.